The minimum absolute atomic E-state index is 0.138. The van der Waals surface area contributed by atoms with Gasteiger partial charge in [0.15, 0.2) is 5.82 Å². The van der Waals surface area contributed by atoms with Crippen LogP contribution in [-0.2, 0) is 13.6 Å². The highest BCUT2D eigenvalue weighted by atomic mass is 16.1. The second-order valence-electron chi connectivity index (χ2n) is 3.28. The van der Waals surface area contributed by atoms with Crippen LogP contribution in [0.5, 0.6) is 0 Å². The van der Waals surface area contributed by atoms with Crippen LogP contribution in [0.1, 0.15) is 0 Å². The maximum absolute atomic E-state index is 11.6. The van der Waals surface area contributed by atoms with Crippen LogP contribution in [0.4, 0.5) is 5.82 Å². The molecule has 16 heavy (non-hydrogen) atoms. The summed E-state index contributed by atoms with van der Waals surface area (Å²) in [5.74, 6) is 0.352. The lowest BCUT2D eigenvalue weighted by molar-refractivity contribution is 0.607. The Morgan fingerprint density at radius 2 is 2.25 bits per heavy atom. The highest BCUT2D eigenvalue weighted by Gasteiger charge is 2.00. The van der Waals surface area contributed by atoms with Crippen molar-refractivity contribution in [1.29, 1.82) is 0 Å². The number of hydrogen-bond acceptors (Lipinski definition) is 5. The second-order valence-corrected chi connectivity index (χ2v) is 3.28. The van der Waals surface area contributed by atoms with Gasteiger partial charge in [-0.25, -0.2) is 4.98 Å². The molecule has 84 valence electrons. The molecule has 0 spiro atoms. The van der Waals surface area contributed by atoms with E-state index in [1.807, 2.05) is 0 Å². The van der Waals surface area contributed by atoms with Crippen LogP contribution in [0.3, 0.4) is 0 Å². The van der Waals surface area contributed by atoms with Crippen LogP contribution in [0.15, 0.2) is 29.6 Å². The van der Waals surface area contributed by atoms with Gasteiger partial charge in [0.05, 0.1) is 12.7 Å². The summed E-state index contributed by atoms with van der Waals surface area (Å²) in [6.45, 7) is 1.22. The normalized spacial score (nSPS) is 10.3. The van der Waals surface area contributed by atoms with E-state index in [1.165, 1.54) is 4.57 Å². The van der Waals surface area contributed by atoms with Crippen LogP contribution >= 0.6 is 0 Å². The van der Waals surface area contributed by atoms with Crippen LogP contribution < -0.4 is 10.9 Å². The molecule has 0 bridgehead atoms. The van der Waals surface area contributed by atoms with E-state index in [4.69, 9.17) is 0 Å². The van der Waals surface area contributed by atoms with Crippen molar-refractivity contribution in [2.75, 3.05) is 11.9 Å². The summed E-state index contributed by atoms with van der Waals surface area (Å²) < 4.78 is 3.16. The first-order chi connectivity index (χ1) is 7.77. The third-order valence-corrected chi connectivity index (χ3v) is 2.12. The van der Waals surface area contributed by atoms with Gasteiger partial charge in [0.25, 0.3) is 5.56 Å². The summed E-state index contributed by atoms with van der Waals surface area (Å²) in [7, 11) is 1.69. The lowest BCUT2D eigenvalue weighted by Crippen LogP contribution is -2.23. The molecular formula is C9H12N6O. The Bertz CT molecular complexity index is 503. The van der Waals surface area contributed by atoms with Crippen LogP contribution in [0.2, 0.25) is 0 Å². The van der Waals surface area contributed by atoms with E-state index in [-0.39, 0.29) is 5.56 Å². The van der Waals surface area contributed by atoms with Gasteiger partial charge in [-0.2, -0.15) is 0 Å². The van der Waals surface area contributed by atoms with Crippen molar-refractivity contribution >= 4 is 5.82 Å². The molecule has 0 aromatic carbocycles. The van der Waals surface area contributed by atoms with Crippen LogP contribution in [-0.4, -0.2) is 31.1 Å². The molecule has 0 amide bonds. The topological polar surface area (TPSA) is 77.6 Å². The third-order valence-electron chi connectivity index (χ3n) is 2.12. The molecule has 0 unspecified atom stereocenters. The van der Waals surface area contributed by atoms with Gasteiger partial charge in [-0.05, 0) is 0 Å². The molecule has 2 aromatic heterocycles. The molecule has 2 aromatic rings. The lowest BCUT2D eigenvalue weighted by atomic mass is 10.5. The van der Waals surface area contributed by atoms with Crippen molar-refractivity contribution in [3.05, 3.63) is 35.1 Å². The minimum Gasteiger partial charge on any atom is -0.364 e. The third kappa shape index (κ3) is 2.25. The van der Waals surface area contributed by atoms with Crippen LogP contribution in [0, 0.1) is 0 Å². The monoisotopic (exact) mass is 220 g/mol. The Kier molecular flexibility index (Phi) is 2.95. The fourth-order valence-corrected chi connectivity index (χ4v) is 1.26. The Hall–Kier alpha value is -2.18. The molecule has 7 nitrogen and oxygen atoms in total. The number of nitrogens with one attached hydrogen (secondary N) is 1. The Morgan fingerprint density at radius 1 is 1.38 bits per heavy atom. The maximum Gasteiger partial charge on any atom is 0.293 e. The fourth-order valence-electron chi connectivity index (χ4n) is 1.26. The van der Waals surface area contributed by atoms with Crippen molar-refractivity contribution in [1.82, 2.24) is 24.5 Å². The zero-order chi connectivity index (χ0) is 11.4. The van der Waals surface area contributed by atoms with Gasteiger partial charge in [0.1, 0.15) is 0 Å². The largest absolute Gasteiger partial charge is 0.364 e. The standard InChI is InChI=1S/C9H12N6O/c1-14-5-2-10-8(9(14)16)11-3-6-15-7-4-12-13-15/h2,4-5,7H,3,6H2,1H3,(H,10,11). The molecule has 0 aliphatic heterocycles. The fraction of sp³-hybridized carbons (Fsp3) is 0.333. The number of aromatic nitrogens is 5. The molecule has 0 saturated heterocycles. The molecule has 0 aliphatic rings. The van der Waals surface area contributed by atoms with E-state index < -0.39 is 0 Å². The SMILES string of the molecule is Cn1ccnc(NCCn2ccnn2)c1=O. The number of hydrogen-bond donors (Lipinski definition) is 1. The summed E-state index contributed by atoms with van der Waals surface area (Å²) in [5.41, 5.74) is -0.138. The number of nitrogens with zero attached hydrogens (tertiary/aromatic N) is 5. The smallest absolute Gasteiger partial charge is 0.293 e. The van der Waals surface area contributed by atoms with Gasteiger partial charge in [-0.3, -0.25) is 9.48 Å². The Labute approximate surface area is 91.7 Å². The first-order valence-corrected chi connectivity index (χ1v) is 4.87. The number of rotatable bonds is 4. The molecule has 0 aliphatic carbocycles. The van der Waals surface area contributed by atoms with Crippen molar-refractivity contribution in [3.63, 3.8) is 0 Å². The van der Waals surface area contributed by atoms with E-state index in [1.54, 1.807) is 36.5 Å². The zero-order valence-electron chi connectivity index (χ0n) is 8.87. The summed E-state index contributed by atoms with van der Waals surface area (Å²) in [6.07, 6.45) is 6.57. The molecule has 2 rings (SSSR count). The van der Waals surface area contributed by atoms with E-state index in [0.29, 0.717) is 18.9 Å². The number of anilines is 1. The van der Waals surface area contributed by atoms with E-state index in [9.17, 15) is 4.79 Å². The average Bonchev–Trinajstić information content (AvgIpc) is 2.77. The first kappa shape index (κ1) is 10.3. The molecule has 7 heteroatoms. The molecule has 1 N–H and O–H groups in total. The molecule has 0 saturated carbocycles. The predicted octanol–water partition coefficient (Wildman–Crippen LogP) is -0.516. The lowest BCUT2D eigenvalue weighted by Gasteiger charge is -2.05. The molecule has 0 radical (unpaired) electrons. The summed E-state index contributed by atoms with van der Waals surface area (Å²) in [5, 5.41) is 10.5. The van der Waals surface area contributed by atoms with Gasteiger partial charge in [0, 0.05) is 32.2 Å². The molecule has 2 heterocycles. The van der Waals surface area contributed by atoms with Crippen molar-refractivity contribution in [2.45, 2.75) is 6.54 Å². The predicted molar refractivity (Wildman–Crippen MR) is 58.0 cm³/mol. The van der Waals surface area contributed by atoms with E-state index in [0.717, 1.165) is 0 Å². The minimum atomic E-state index is -0.138. The van der Waals surface area contributed by atoms with Crippen molar-refractivity contribution < 1.29 is 0 Å². The quantitative estimate of drug-likeness (QED) is 0.750. The van der Waals surface area contributed by atoms with Crippen molar-refractivity contribution in [2.24, 2.45) is 7.05 Å². The highest BCUT2D eigenvalue weighted by molar-refractivity contribution is 5.30. The van der Waals surface area contributed by atoms with Gasteiger partial charge in [-0.15, -0.1) is 5.10 Å². The van der Waals surface area contributed by atoms with Gasteiger partial charge in [0.2, 0.25) is 0 Å². The van der Waals surface area contributed by atoms with E-state index in [2.05, 4.69) is 20.6 Å². The Morgan fingerprint density at radius 3 is 3.00 bits per heavy atom. The second kappa shape index (κ2) is 4.56. The maximum atomic E-state index is 11.6. The van der Waals surface area contributed by atoms with Crippen LogP contribution in [0.25, 0.3) is 0 Å². The van der Waals surface area contributed by atoms with Crippen molar-refractivity contribution in [3.8, 4) is 0 Å². The van der Waals surface area contributed by atoms with E-state index >= 15 is 0 Å². The average molecular weight is 220 g/mol. The van der Waals surface area contributed by atoms with Gasteiger partial charge in [-0.1, -0.05) is 5.21 Å². The molecular weight excluding hydrogens is 208 g/mol. The molecule has 0 fully saturated rings. The summed E-state index contributed by atoms with van der Waals surface area (Å²) in [6, 6.07) is 0. The van der Waals surface area contributed by atoms with Gasteiger partial charge < -0.3 is 9.88 Å². The van der Waals surface area contributed by atoms with Gasteiger partial charge >= 0.3 is 0 Å². The molecule has 0 atom stereocenters. The Balaban J connectivity index is 1.95. The summed E-state index contributed by atoms with van der Waals surface area (Å²) in [4.78, 5) is 15.5. The highest BCUT2D eigenvalue weighted by Crippen LogP contribution is 1.91. The summed E-state index contributed by atoms with van der Waals surface area (Å²) >= 11 is 0. The zero-order valence-corrected chi connectivity index (χ0v) is 8.87. The number of aryl methyl sites for hydroxylation is 1. The first-order valence-electron chi connectivity index (χ1n) is 4.87.